The van der Waals surface area contributed by atoms with Crippen LogP contribution in [-0.2, 0) is 16.1 Å². The fourth-order valence-corrected chi connectivity index (χ4v) is 5.11. The van der Waals surface area contributed by atoms with Crippen LogP contribution in [0.15, 0.2) is 95.6 Å². The lowest BCUT2D eigenvalue weighted by Gasteiger charge is -2.19. The molecular formula is C34H36N2O4S. The van der Waals surface area contributed by atoms with Crippen molar-refractivity contribution >= 4 is 35.3 Å². The molecule has 1 amide bonds. The smallest absolute Gasteiger partial charge is 0.328 e. The summed E-state index contributed by atoms with van der Waals surface area (Å²) in [5.74, 6) is 0.786. The van der Waals surface area contributed by atoms with Crippen LogP contribution < -0.4 is 10.6 Å². The molecule has 0 aliphatic heterocycles. The number of carbonyl (C=O) groups excluding carboxylic acids is 2. The van der Waals surface area contributed by atoms with Crippen LogP contribution in [0.25, 0.3) is 22.8 Å². The van der Waals surface area contributed by atoms with E-state index in [-0.39, 0.29) is 5.91 Å². The second kappa shape index (κ2) is 15.1. The molecule has 7 heteroatoms. The van der Waals surface area contributed by atoms with Gasteiger partial charge in [0.1, 0.15) is 11.8 Å². The molecule has 0 spiro atoms. The average Bonchev–Trinajstić information content (AvgIpc) is 3.52. The Kier molecular flexibility index (Phi) is 11.0. The molecule has 3 aromatic carbocycles. The van der Waals surface area contributed by atoms with Crippen molar-refractivity contribution in [2.45, 2.75) is 25.9 Å². The first kappa shape index (κ1) is 29.9. The summed E-state index contributed by atoms with van der Waals surface area (Å²) in [7, 11) is 1.34. The summed E-state index contributed by atoms with van der Waals surface area (Å²) in [5, 5.41) is 6.46. The predicted molar refractivity (Wildman–Crippen MR) is 168 cm³/mol. The van der Waals surface area contributed by atoms with Crippen molar-refractivity contribution < 1.29 is 18.7 Å². The molecule has 212 valence electrons. The number of ether oxygens (including phenoxy) is 1. The number of aryl methyl sites for hydroxylation is 1. The van der Waals surface area contributed by atoms with Gasteiger partial charge in [-0.2, -0.15) is 11.8 Å². The van der Waals surface area contributed by atoms with Gasteiger partial charge in [0, 0.05) is 18.7 Å². The number of thioether (sulfide) groups is 1. The third kappa shape index (κ3) is 8.22. The molecule has 0 bridgehead atoms. The Morgan fingerprint density at radius 2 is 1.76 bits per heavy atom. The Morgan fingerprint density at radius 1 is 0.976 bits per heavy atom. The van der Waals surface area contributed by atoms with Crippen molar-refractivity contribution in [3.8, 4) is 11.1 Å². The van der Waals surface area contributed by atoms with Gasteiger partial charge in [-0.3, -0.25) is 4.79 Å². The number of furan rings is 1. The van der Waals surface area contributed by atoms with Crippen LogP contribution >= 0.6 is 11.8 Å². The molecule has 4 rings (SSSR count). The molecule has 0 saturated carbocycles. The van der Waals surface area contributed by atoms with E-state index in [9.17, 15) is 9.59 Å². The van der Waals surface area contributed by atoms with Crippen molar-refractivity contribution in [2.24, 2.45) is 0 Å². The molecule has 0 radical (unpaired) electrons. The second-order valence-corrected chi connectivity index (χ2v) is 10.7. The van der Waals surface area contributed by atoms with Crippen LogP contribution in [0.5, 0.6) is 0 Å². The van der Waals surface area contributed by atoms with E-state index in [1.165, 1.54) is 7.11 Å². The van der Waals surface area contributed by atoms with E-state index in [1.54, 1.807) is 18.0 Å². The van der Waals surface area contributed by atoms with Gasteiger partial charge >= 0.3 is 5.97 Å². The maximum atomic E-state index is 13.5. The molecule has 4 aromatic rings. The van der Waals surface area contributed by atoms with Crippen molar-refractivity contribution in [1.82, 2.24) is 10.6 Å². The number of hydrogen-bond donors (Lipinski definition) is 2. The molecule has 1 atom stereocenters. The van der Waals surface area contributed by atoms with E-state index in [0.29, 0.717) is 25.1 Å². The van der Waals surface area contributed by atoms with E-state index in [4.69, 9.17) is 9.15 Å². The van der Waals surface area contributed by atoms with Crippen LogP contribution in [0, 0.1) is 6.92 Å². The van der Waals surface area contributed by atoms with Gasteiger partial charge in [0.25, 0.3) is 5.91 Å². The fraction of sp³-hybridized carbons (Fsp3) is 0.235. The highest BCUT2D eigenvalue weighted by atomic mass is 32.2. The number of rotatable bonds is 13. The van der Waals surface area contributed by atoms with Crippen molar-refractivity contribution in [3.63, 3.8) is 0 Å². The molecule has 0 aliphatic carbocycles. The number of amides is 1. The second-order valence-electron chi connectivity index (χ2n) is 9.68. The number of esters is 1. The van der Waals surface area contributed by atoms with E-state index < -0.39 is 12.0 Å². The number of hydrogen-bond acceptors (Lipinski definition) is 6. The minimum absolute atomic E-state index is 0.299. The molecule has 0 saturated heterocycles. The zero-order chi connectivity index (χ0) is 29.0. The van der Waals surface area contributed by atoms with E-state index >= 15 is 0 Å². The lowest BCUT2D eigenvalue weighted by atomic mass is 9.93. The number of nitrogens with one attached hydrogen (secondary N) is 2. The Balaban J connectivity index is 1.58. The molecule has 2 N–H and O–H groups in total. The van der Waals surface area contributed by atoms with Gasteiger partial charge in [-0.15, -0.1) is 0 Å². The largest absolute Gasteiger partial charge is 0.467 e. The van der Waals surface area contributed by atoms with E-state index in [1.807, 2.05) is 86.0 Å². The molecule has 41 heavy (non-hydrogen) atoms. The van der Waals surface area contributed by atoms with Crippen molar-refractivity contribution in [3.05, 3.63) is 119 Å². The SMILES string of the molecule is COC(=O)C(CCSC)NC(=O)c1ccc(CNC/C(=C/c2ccco2)c2ccccc2)cc1-c1ccccc1C. The molecule has 1 unspecified atom stereocenters. The summed E-state index contributed by atoms with van der Waals surface area (Å²) in [6.07, 6.45) is 6.18. The molecule has 1 heterocycles. The molecule has 0 aliphatic rings. The Bertz CT molecular complexity index is 1470. The Labute approximate surface area is 246 Å². The van der Waals surface area contributed by atoms with E-state index in [2.05, 4.69) is 28.8 Å². The summed E-state index contributed by atoms with van der Waals surface area (Å²) in [4.78, 5) is 25.9. The first-order chi connectivity index (χ1) is 20.0. The number of benzene rings is 3. The van der Waals surface area contributed by atoms with Crippen LogP contribution in [0.1, 0.15) is 39.2 Å². The maximum Gasteiger partial charge on any atom is 0.328 e. The number of carbonyl (C=O) groups is 2. The summed E-state index contributed by atoms with van der Waals surface area (Å²) in [5.41, 5.74) is 6.64. The lowest BCUT2D eigenvalue weighted by molar-refractivity contribution is -0.142. The maximum absolute atomic E-state index is 13.5. The molecule has 0 fully saturated rings. The van der Waals surface area contributed by atoms with Gasteiger partial charge in [0.05, 0.1) is 13.4 Å². The van der Waals surface area contributed by atoms with Gasteiger partial charge in [0.2, 0.25) is 0 Å². The van der Waals surface area contributed by atoms with Crippen LogP contribution in [0.4, 0.5) is 0 Å². The molecule has 6 nitrogen and oxygen atoms in total. The molecular weight excluding hydrogens is 532 g/mol. The normalized spacial score (nSPS) is 12.1. The minimum Gasteiger partial charge on any atom is -0.467 e. The highest BCUT2D eigenvalue weighted by Gasteiger charge is 2.24. The first-order valence-electron chi connectivity index (χ1n) is 13.6. The summed E-state index contributed by atoms with van der Waals surface area (Å²) >= 11 is 1.62. The average molecular weight is 569 g/mol. The fourth-order valence-electron chi connectivity index (χ4n) is 4.64. The predicted octanol–water partition coefficient (Wildman–Crippen LogP) is 6.61. The van der Waals surface area contributed by atoms with Gasteiger partial charge < -0.3 is 19.8 Å². The van der Waals surface area contributed by atoms with E-state index in [0.717, 1.165) is 44.9 Å². The van der Waals surface area contributed by atoms with Crippen molar-refractivity contribution in [2.75, 3.05) is 25.7 Å². The van der Waals surface area contributed by atoms with Gasteiger partial charge in [-0.25, -0.2) is 4.79 Å². The van der Waals surface area contributed by atoms with Crippen LogP contribution in [-0.4, -0.2) is 43.6 Å². The number of methoxy groups -OCH3 is 1. The Morgan fingerprint density at radius 3 is 2.46 bits per heavy atom. The first-order valence-corrected chi connectivity index (χ1v) is 15.0. The zero-order valence-corrected chi connectivity index (χ0v) is 24.5. The third-order valence-electron chi connectivity index (χ3n) is 6.81. The summed E-state index contributed by atoms with van der Waals surface area (Å²) < 4.78 is 10.5. The highest BCUT2D eigenvalue weighted by molar-refractivity contribution is 7.98. The van der Waals surface area contributed by atoms with Crippen LogP contribution in [0.3, 0.4) is 0 Å². The topological polar surface area (TPSA) is 80.6 Å². The monoisotopic (exact) mass is 568 g/mol. The minimum atomic E-state index is -0.705. The quantitative estimate of drug-likeness (QED) is 0.177. The highest BCUT2D eigenvalue weighted by Crippen LogP contribution is 2.29. The van der Waals surface area contributed by atoms with Gasteiger partial charge in [-0.1, -0.05) is 60.7 Å². The zero-order valence-electron chi connectivity index (χ0n) is 23.7. The van der Waals surface area contributed by atoms with Crippen LogP contribution in [0.2, 0.25) is 0 Å². The summed E-state index contributed by atoms with van der Waals surface area (Å²) in [6, 6.07) is 27.2. The standard InChI is InChI=1S/C34H36N2O4S/c1-24-10-7-8-14-29(24)31-20-25(15-16-30(31)33(37)36-32(17-19-41-3)34(38)39-2)22-35-23-27(21-28-13-9-18-40-28)26-11-5-4-6-12-26/h4-16,18,20-21,32,35H,17,19,22-23H2,1-3H3,(H,36,37)/b27-21-. The van der Waals surface area contributed by atoms with Gasteiger partial charge in [0.15, 0.2) is 0 Å². The molecule has 1 aromatic heterocycles. The lowest BCUT2D eigenvalue weighted by Crippen LogP contribution is -2.42. The Hall–Kier alpha value is -4.07. The third-order valence-corrected chi connectivity index (χ3v) is 7.46. The van der Waals surface area contributed by atoms with Gasteiger partial charge in [-0.05, 0) is 89.1 Å². The summed E-state index contributed by atoms with van der Waals surface area (Å²) in [6.45, 7) is 3.26. The van der Waals surface area contributed by atoms with Crippen molar-refractivity contribution in [1.29, 1.82) is 0 Å².